The van der Waals surface area contributed by atoms with E-state index in [-0.39, 0.29) is 0 Å². The van der Waals surface area contributed by atoms with Gasteiger partial charge in [0, 0.05) is 7.14 Å². The third-order valence-corrected chi connectivity index (χ3v) is 5.48. The second kappa shape index (κ2) is 7.49. The highest BCUT2D eigenvalue weighted by Crippen LogP contribution is 2.38. The molecule has 2 atom stereocenters. The summed E-state index contributed by atoms with van der Waals surface area (Å²) in [5.41, 5.74) is 0.949. The fourth-order valence-electron chi connectivity index (χ4n) is 2.44. The predicted molar refractivity (Wildman–Crippen MR) is 115 cm³/mol. The van der Waals surface area contributed by atoms with E-state index in [0.717, 1.165) is 11.1 Å². The van der Waals surface area contributed by atoms with Gasteiger partial charge in [0.15, 0.2) is 0 Å². The molecule has 0 amide bonds. The first-order chi connectivity index (χ1) is 10.8. The molecule has 0 heterocycles. The summed E-state index contributed by atoms with van der Waals surface area (Å²) < 4.78 is 8.93. The highest BCUT2D eigenvalue weighted by molar-refractivity contribution is 14.1. The molecule has 0 saturated heterocycles. The molecule has 0 aliphatic carbocycles. The maximum Gasteiger partial charge on any atom is 0.110 e. The number of rotatable bonds is 6. The topological polar surface area (TPSA) is 9.23 Å². The van der Waals surface area contributed by atoms with E-state index in [1.165, 1.54) is 7.14 Å². The monoisotopic (exact) mass is 530 g/mol. The fraction of sp³-hybridized carbons (Fsp3) is 0.200. The Hall–Kier alpha value is -0.660. The Labute approximate surface area is 166 Å². The number of halogens is 2. The van der Waals surface area contributed by atoms with E-state index in [9.17, 15) is 0 Å². The minimum Gasteiger partial charge on any atom is -0.352 e. The van der Waals surface area contributed by atoms with E-state index in [4.69, 9.17) is 4.74 Å². The fourth-order valence-corrected chi connectivity index (χ4v) is 3.16. The molecule has 0 radical (unpaired) electrons. The molecule has 2 unspecified atom stereocenters. The van der Waals surface area contributed by atoms with Crippen molar-refractivity contribution in [2.24, 2.45) is 0 Å². The minimum atomic E-state index is -0.601. The summed E-state index contributed by atoms with van der Waals surface area (Å²) in [6.07, 6.45) is 3.70. The minimum absolute atomic E-state index is 0.601. The van der Waals surface area contributed by atoms with Gasteiger partial charge in [-0.1, -0.05) is 49.6 Å². The molecule has 0 spiro atoms. The van der Waals surface area contributed by atoms with Gasteiger partial charge in [0.05, 0.1) is 0 Å². The van der Waals surface area contributed by atoms with Gasteiger partial charge < -0.3 is 4.74 Å². The van der Waals surface area contributed by atoms with Crippen LogP contribution in [0.25, 0.3) is 0 Å². The first-order valence-electron chi connectivity index (χ1n) is 7.32. The average Bonchev–Trinajstić information content (AvgIpc) is 2.55. The third-order valence-electron chi connectivity index (χ3n) is 4.04. The van der Waals surface area contributed by atoms with E-state index >= 15 is 0 Å². The van der Waals surface area contributed by atoms with Crippen LogP contribution in [0.4, 0.5) is 0 Å². The molecular formula is C20H20I2O. The summed E-state index contributed by atoms with van der Waals surface area (Å²) in [7, 11) is 0. The van der Waals surface area contributed by atoms with Crippen molar-refractivity contribution in [2.75, 3.05) is 0 Å². The summed E-state index contributed by atoms with van der Waals surface area (Å²) in [5, 5.41) is 0. The van der Waals surface area contributed by atoms with Crippen molar-refractivity contribution in [2.45, 2.75) is 25.0 Å². The predicted octanol–water partition coefficient (Wildman–Crippen LogP) is 6.42. The lowest BCUT2D eigenvalue weighted by atomic mass is 9.91. The molecule has 0 aliphatic heterocycles. The molecule has 0 saturated carbocycles. The Balaban J connectivity index is 2.41. The molecule has 23 heavy (non-hydrogen) atoms. The van der Waals surface area contributed by atoms with Crippen LogP contribution in [0.15, 0.2) is 73.8 Å². The molecule has 0 N–H and O–H groups in total. The molecule has 0 aliphatic rings. The average molecular weight is 530 g/mol. The first-order valence-corrected chi connectivity index (χ1v) is 9.48. The molecular weight excluding hydrogens is 510 g/mol. The van der Waals surface area contributed by atoms with E-state index in [0.29, 0.717) is 0 Å². The van der Waals surface area contributed by atoms with Gasteiger partial charge >= 0.3 is 0 Å². The molecule has 0 aromatic heterocycles. The summed E-state index contributed by atoms with van der Waals surface area (Å²) in [4.78, 5) is 0. The van der Waals surface area contributed by atoms with Gasteiger partial charge in [0.1, 0.15) is 11.2 Å². The zero-order chi connectivity index (χ0) is 17.1. The van der Waals surface area contributed by atoms with Crippen molar-refractivity contribution in [3.05, 3.63) is 92.1 Å². The Morgan fingerprint density at radius 3 is 1.30 bits per heavy atom. The maximum absolute atomic E-state index is 6.53. The zero-order valence-electron chi connectivity index (χ0n) is 13.4. The van der Waals surface area contributed by atoms with Crippen LogP contribution in [0.5, 0.6) is 0 Å². The van der Waals surface area contributed by atoms with Crippen molar-refractivity contribution < 1.29 is 4.74 Å². The third kappa shape index (κ3) is 4.25. The van der Waals surface area contributed by atoms with Crippen LogP contribution in [0.2, 0.25) is 0 Å². The highest BCUT2D eigenvalue weighted by Gasteiger charge is 2.34. The van der Waals surface area contributed by atoms with E-state index in [2.05, 4.69) is 107 Å². The molecule has 2 aromatic carbocycles. The standard InChI is InChI=1S/C20H20I2O/c1-5-19(3,15-7-11-17(21)12-8-15)23-20(4,6-2)16-9-13-18(22)14-10-16/h5-14H,1-2H2,3-4H3. The smallest absolute Gasteiger partial charge is 0.110 e. The quantitative estimate of drug-likeness (QED) is 0.310. The van der Waals surface area contributed by atoms with Crippen LogP contribution >= 0.6 is 45.2 Å². The molecule has 0 fully saturated rings. The summed E-state index contributed by atoms with van der Waals surface area (Å²) in [6, 6.07) is 16.7. The second-order valence-corrected chi connectivity index (χ2v) is 8.23. The maximum atomic E-state index is 6.53. The number of hydrogen-bond donors (Lipinski definition) is 0. The molecule has 2 rings (SSSR count). The summed E-state index contributed by atoms with van der Waals surface area (Å²) in [5.74, 6) is 0. The first kappa shape index (κ1) is 18.7. The number of ether oxygens (including phenoxy) is 1. The molecule has 3 heteroatoms. The lowest BCUT2D eigenvalue weighted by Crippen LogP contribution is -2.35. The Morgan fingerprint density at radius 2 is 1.04 bits per heavy atom. The summed E-state index contributed by atoms with van der Waals surface area (Å²) in [6.45, 7) is 12.1. The van der Waals surface area contributed by atoms with Crippen LogP contribution in [0.3, 0.4) is 0 Å². The SMILES string of the molecule is C=CC(C)(OC(C)(C=C)c1ccc(I)cc1)c1ccc(I)cc1. The van der Waals surface area contributed by atoms with Crippen molar-refractivity contribution >= 4 is 45.2 Å². The van der Waals surface area contributed by atoms with Crippen LogP contribution in [-0.2, 0) is 15.9 Å². The van der Waals surface area contributed by atoms with Crippen molar-refractivity contribution in [1.82, 2.24) is 0 Å². The normalized spacial score (nSPS) is 16.2. The largest absolute Gasteiger partial charge is 0.352 e. The molecule has 2 aromatic rings. The van der Waals surface area contributed by atoms with Crippen molar-refractivity contribution in [3.8, 4) is 0 Å². The van der Waals surface area contributed by atoms with Crippen LogP contribution < -0.4 is 0 Å². The lowest BCUT2D eigenvalue weighted by Gasteiger charge is -2.38. The van der Waals surface area contributed by atoms with Gasteiger partial charge in [0.2, 0.25) is 0 Å². The van der Waals surface area contributed by atoms with E-state index in [1.807, 2.05) is 26.0 Å². The van der Waals surface area contributed by atoms with Crippen LogP contribution in [0, 0.1) is 7.14 Å². The van der Waals surface area contributed by atoms with Crippen molar-refractivity contribution in [3.63, 3.8) is 0 Å². The Kier molecular flexibility index (Phi) is 6.08. The van der Waals surface area contributed by atoms with Gasteiger partial charge in [-0.3, -0.25) is 0 Å². The highest BCUT2D eigenvalue weighted by atomic mass is 127. The zero-order valence-corrected chi connectivity index (χ0v) is 17.7. The van der Waals surface area contributed by atoms with Crippen molar-refractivity contribution in [1.29, 1.82) is 0 Å². The Bertz CT molecular complexity index is 629. The Morgan fingerprint density at radius 1 is 0.739 bits per heavy atom. The van der Waals surface area contributed by atoms with E-state index < -0.39 is 11.2 Å². The second-order valence-electron chi connectivity index (χ2n) is 5.74. The molecule has 0 bridgehead atoms. The number of benzene rings is 2. The van der Waals surface area contributed by atoms with Gasteiger partial charge in [-0.2, -0.15) is 0 Å². The van der Waals surface area contributed by atoms with Crippen LogP contribution in [0.1, 0.15) is 25.0 Å². The van der Waals surface area contributed by atoms with Gasteiger partial charge in [-0.15, -0.1) is 0 Å². The van der Waals surface area contributed by atoms with Gasteiger partial charge in [-0.25, -0.2) is 0 Å². The lowest BCUT2D eigenvalue weighted by molar-refractivity contribution is -0.0975. The van der Waals surface area contributed by atoms with Gasteiger partial charge in [0.25, 0.3) is 0 Å². The molecule has 120 valence electrons. The van der Waals surface area contributed by atoms with E-state index in [1.54, 1.807) is 0 Å². The molecule has 1 nitrogen and oxygen atoms in total. The van der Waals surface area contributed by atoms with Gasteiger partial charge in [-0.05, 0) is 94.4 Å². The summed E-state index contributed by atoms with van der Waals surface area (Å²) >= 11 is 4.60. The van der Waals surface area contributed by atoms with Crippen LogP contribution in [-0.4, -0.2) is 0 Å². The number of hydrogen-bond acceptors (Lipinski definition) is 1.